The molecular weight excluding hydrogens is 290 g/mol. The summed E-state index contributed by atoms with van der Waals surface area (Å²) in [6, 6.07) is 6.93. The van der Waals surface area contributed by atoms with E-state index in [0.717, 1.165) is 22.5 Å². The first-order valence-corrected chi connectivity index (χ1v) is 6.72. The number of hydrogen-bond donors (Lipinski definition) is 2. The van der Waals surface area contributed by atoms with E-state index in [0.29, 0.717) is 11.6 Å². The molecule has 0 radical (unpaired) electrons. The molecule has 0 saturated carbocycles. The maximum Gasteiger partial charge on any atom is 0.332 e. The number of hydrogen-bond acceptors (Lipinski definition) is 3. The van der Waals surface area contributed by atoms with Gasteiger partial charge in [-0.2, -0.15) is 10.2 Å². The van der Waals surface area contributed by atoms with Crippen LogP contribution in [-0.2, 0) is 6.54 Å². The van der Waals surface area contributed by atoms with E-state index in [1.807, 2.05) is 42.8 Å². The van der Waals surface area contributed by atoms with Gasteiger partial charge in [-0.1, -0.05) is 29.8 Å². The minimum Gasteiger partial charge on any atom is -0.350 e. The normalized spacial score (nSPS) is 11.0. The maximum absolute atomic E-state index is 10.6. The lowest BCUT2D eigenvalue weighted by atomic mass is 10.2. The second kappa shape index (κ2) is 6.41. The minimum atomic E-state index is -0.704. The van der Waals surface area contributed by atoms with Crippen molar-refractivity contribution in [2.75, 3.05) is 0 Å². The average Bonchev–Trinajstić information content (AvgIpc) is 2.68. The highest BCUT2D eigenvalue weighted by atomic mass is 35.5. The molecule has 0 fully saturated rings. The molecule has 3 N–H and O–H groups in total. The lowest BCUT2D eigenvalue weighted by Crippen LogP contribution is -2.24. The lowest BCUT2D eigenvalue weighted by molar-refractivity contribution is 0.249. The van der Waals surface area contributed by atoms with Gasteiger partial charge in [0, 0.05) is 16.3 Å². The third kappa shape index (κ3) is 3.61. The van der Waals surface area contributed by atoms with Crippen LogP contribution in [0.25, 0.3) is 0 Å². The average molecular weight is 306 g/mol. The van der Waals surface area contributed by atoms with E-state index in [1.54, 1.807) is 0 Å². The van der Waals surface area contributed by atoms with Crippen LogP contribution >= 0.6 is 11.6 Å². The smallest absolute Gasteiger partial charge is 0.332 e. The topological polar surface area (TPSA) is 85.3 Å². The molecule has 0 saturated heterocycles. The number of nitrogens with zero attached hydrogens (tertiary/aromatic N) is 3. The predicted octanol–water partition coefficient (Wildman–Crippen LogP) is 2.20. The van der Waals surface area contributed by atoms with Gasteiger partial charge >= 0.3 is 6.03 Å². The molecule has 1 aromatic carbocycles. The molecule has 0 aliphatic heterocycles. The van der Waals surface area contributed by atoms with Gasteiger partial charge in [-0.15, -0.1) is 0 Å². The number of nitrogens with one attached hydrogen (secondary N) is 1. The summed E-state index contributed by atoms with van der Waals surface area (Å²) >= 11 is 6.16. The molecule has 1 aromatic heterocycles. The monoisotopic (exact) mass is 305 g/mol. The molecule has 110 valence electrons. The SMILES string of the molecule is Cc1nn(Cc2ccccc2Cl)c(C)c1/C=N/NC(N)=O. The Kier molecular flexibility index (Phi) is 4.59. The van der Waals surface area contributed by atoms with E-state index in [-0.39, 0.29) is 0 Å². The van der Waals surface area contributed by atoms with Crippen LogP contribution in [0.15, 0.2) is 29.4 Å². The maximum atomic E-state index is 10.6. The summed E-state index contributed by atoms with van der Waals surface area (Å²) in [6.45, 7) is 4.38. The van der Waals surface area contributed by atoms with Gasteiger partial charge in [0.15, 0.2) is 0 Å². The summed E-state index contributed by atoms with van der Waals surface area (Å²) in [5, 5.41) is 8.94. The van der Waals surface area contributed by atoms with Crippen LogP contribution < -0.4 is 11.2 Å². The minimum absolute atomic E-state index is 0.573. The molecule has 0 atom stereocenters. The number of nitrogens with two attached hydrogens (primary N) is 1. The van der Waals surface area contributed by atoms with Crippen molar-refractivity contribution in [1.82, 2.24) is 15.2 Å². The highest BCUT2D eigenvalue weighted by Gasteiger charge is 2.11. The van der Waals surface area contributed by atoms with E-state index in [4.69, 9.17) is 17.3 Å². The van der Waals surface area contributed by atoms with Crippen LogP contribution in [-0.4, -0.2) is 22.0 Å². The number of primary amides is 1. The lowest BCUT2D eigenvalue weighted by Gasteiger charge is -2.06. The summed E-state index contributed by atoms with van der Waals surface area (Å²) in [4.78, 5) is 10.6. The standard InChI is InChI=1S/C14H16ClN5O/c1-9-12(7-17-18-14(16)21)10(2)20(19-9)8-11-5-3-4-6-13(11)15/h3-7H,8H2,1-2H3,(H3,16,18,21)/b17-7+. The number of carbonyl (C=O) groups is 1. The highest BCUT2D eigenvalue weighted by molar-refractivity contribution is 6.31. The Bertz CT molecular complexity index is 693. The first-order valence-electron chi connectivity index (χ1n) is 6.35. The Morgan fingerprint density at radius 2 is 2.19 bits per heavy atom. The largest absolute Gasteiger partial charge is 0.350 e. The number of carbonyl (C=O) groups excluding carboxylic acids is 1. The molecule has 0 unspecified atom stereocenters. The molecule has 7 heteroatoms. The molecule has 0 aliphatic rings. The van der Waals surface area contributed by atoms with Crippen molar-refractivity contribution in [2.24, 2.45) is 10.8 Å². The summed E-state index contributed by atoms with van der Waals surface area (Å²) < 4.78 is 1.85. The number of rotatable bonds is 4. The van der Waals surface area contributed by atoms with Crippen molar-refractivity contribution < 1.29 is 4.79 Å². The summed E-state index contributed by atoms with van der Waals surface area (Å²) in [7, 11) is 0. The fourth-order valence-electron chi connectivity index (χ4n) is 2.00. The van der Waals surface area contributed by atoms with E-state index >= 15 is 0 Å². The quantitative estimate of drug-likeness (QED) is 0.670. The summed E-state index contributed by atoms with van der Waals surface area (Å²) in [5.74, 6) is 0. The summed E-state index contributed by atoms with van der Waals surface area (Å²) in [6.07, 6.45) is 1.53. The number of halogens is 1. The van der Waals surface area contributed by atoms with Crippen molar-refractivity contribution in [3.05, 3.63) is 51.8 Å². The molecule has 6 nitrogen and oxygen atoms in total. The fraction of sp³-hybridized carbons (Fsp3) is 0.214. The molecule has 0 aliphatic carbocycles. The van der Waals surface area contributed by atoms with Crippen molar-refractivity contribution in [3.8, 4) is 0 Å². The van der Waals surface area contributed by atoms with Gasteiger partial charge in [-0.3, -0.25) is 4.68 Å². The van der Waals surface area contributed by atoms with Crippen molar-refractivity contribution in [1.29, 1.82) is 0 Å². The van der Waals surface area contributed by atoms with Gasteiger partial charge < -0.3 is 5.73 Å². The van der Waals surface area contributed by atoms with Gasteiger partial charge in [0.05, 0.1) is 18.5 Å². The van der Waals surface area contributed by atoms with Gasteiger partial charge in [-0.25, -0.2) is 10.2 Å². The van der Waals surface area contributed by atoms with E-state index in [2.05, 4.69) is 15.6 Å². The van der Waals surface area contributed by atoms with Crippen LogP contribution in [0.2, 0.25) is 5.02 Å². The van der Waals surface area contributed by atoms with Crippen molar-refractivity contribution in [2.45, 2.75) is 20.4 Å². The first kappa shape index (κ1) is 15.1. The number of benzene rings is 1. The first-order chi connectivity index (χ1) is 9.99. The van der Waals surface area contributed by atoms with E-state index in [1.165, 1.54) is 6.21 Å². The van der Waals surface area contributed by atoms with Crippen LogP contribution in [0.3, 0.4) is 0 Å². The van der Waals surface area contributed by atoms with Crippen LogP contribution in [0.4, 0.5) is 4.79 Å². The predicted molar refractivity (Wildman–Crippen MR) is 82.6 cm³/mol. The fourth-order valence-corrected chi connectivity index (χ4v) is 2.20. The third-order valence-electron chi connectivity index (χ3n) is 3.08. The summed E-state index contributed by atoms with van der Waals surface area (Å²) in [5.41, 5.74) is 10.7. The molecular formula is C14H16ClN5O. The molecule has 0 spiro atoms. The zero-order chi connectivity index (χ0) is 15.4. The van der Waals surface area contributed by atoms with E-state index in [9.17, 15) is 4.79 Å². The van der Waals surface area contributed by atoms with Gasteiger partial charge in [0.1, 0.15) is 0 Å². The van der Waals surface area contributed by atoms with Crippen LogP contribution in [0, 0.1) is 13.8 Å². The van der Waals surface area contributed by atoms with Crippen molar-refractivity contribution >= 4 is 23.8 Å². The van der Waals surface area contributed by atoms with Crippen LogP contribution in [0.5, 0.6) is 0 Å². The second-order valence-corrected chi connectivity index (χ2v) is 4.98. The van der Waals surface area contributed by atoms with Gasteiger partial charge in [-0.05, 0) is 25.5 Å². The molecule has 1 heterocycles. The number of hydrazone groups is 1. The van der Waals surface area contributed by atoms with Gasteiger partial charge in [0.2, 0.25) is 0 Å². The Morgan fingerprint density at radius 3 is 2.86 bits per heavy atom. The molecule has 2 rings (SSSR count). The number of aryl methyl sites for hydroxylation is 1. The Hall–Kier alpha value is -2.34. The zero-order valence-corrected chi connectivity index (χ0v) is 12.6. The second-order valence-electron chi connectivity index (χ2n) is 4.57. The molecule has 2 amide bonds. The number of urea groups is 1. The Labute approximate surface area is 127 Å². The van der Waals surface area contributed by atoms with Gasteiger partial charge in [0.25, 0.3) is 0 Å². The Balaban J connectivity index is 2.25. The number of amides is 2. The zero-order valence-electron chi connectivity index (χ0n) is 11.8. The van der Waals surface area contributed by atoms with Crippen molar-refractivity contribution in [3.63, 3.8) is 0 Å². The molecule has 21 heavy (non-hydrogen) atoms. The van der Waals surface area contributed by atoms with Crippen LogP contribution in [0.1, 0.15) is 22.5 Å². The molecule has 0 bridgehead atoms. The molecule has 2 aromatic rings. The number of aromatic nitrogens is 2. The Morgan fingerprint density at radius 1 is 1.48 bits per heavy atom. The highest BCUT2D eigenvalue weighted by Crippen LogP contribution is 2.18. The van der Waals surface area contributed by atoms with E-state index < -0.39 is 6.03 Å². The third-order valence-corrected chi connectivity index (χ3v) is 3.45.